The molecule has 1 unspecified atom stereocenters. The first-order chi connectivity index (χ1) is 8.27. The van der Waals surface area contributed by atoms with Gasteiger partial charge in [0.05, 0.1) is 0 Å². The van der Waals surface area contributed by atoms with Crippen molar-refractivity contribution in [1.29, 1.82) is 0 Å². The molecule has 1 nitrogen and oxygen atoms in total. The van der Waals surface area contributed by atoms with Gasteiger partial charge in [-0.25, -0.2) is 0 Å². The van der Waals surface area contributed by atoms with Gasteiger partial charge in [-0.3, -0.25) is 0 Å². The average Bonchev–Trinajstić information content (AvgIpc) is 2.75. The molecule has 0 bridgehead atoms. The fraction of sp³-hybridized carbons (Fsp3) is 0.733. The molecule has 1 N–H and O–H groups in total. The van der Waals surface area contributed by atoms with E-state index in [-0.39, 0.29) is 0 Å². The quantitative estimate of drug-likeness (QED) is 0.606. The summed E-state index contributed by atoms with van der Waals surface area (Å²) in [6.07, 6.45) is 9.59. The molecule has 0 radical (unpaired) electrons. The molecule has 2 heteroatoms. The summed E-state index contributed by atoms with van der Waals surface area (Å²) in [5, 5.41) is 5.74. The number of aryl methyl sites for hydroxylation is 1. The molecule has 1 atom stereocenters. The zero-order chi connectivity index (χ0) is 12.5. The van der Waals surface area contributed by atoms with Crippen molar-refractivity contribution in [3.63, 3.8) is 0 Å². The summed E-state index contributed by atoms with van der Waals surface area (Å²) < 4.78 is 0. The monoisotopic (exact) mass is 253 g/mol. The lowest BCUT2D eigenvalue weighted by atomic mass is 10.0. The summed E-state index contributed by atoms with van der Waals surface area (Å²) in [5.74, 6) is 0. The van der Waals surface area contributed by atoms with Crippen molar-refractivity contribution in [2.24, 2.45) is 0 Å². The van der Waals surface area contributed by atoms with Crippen LogP contribution in [0, 0.1) is 6.92 Å². The van der Waals surface area contributed by atoms with Crippen LogP contribution in [-0.4, -0.2) is 7.05 Å². The normalized spacial score (nSPS) is 12.9. The smallest absolute Gasteiger partial charge is 0.0325 e. The minimum absolute atomic E-state index is 0.561. The fourth-order valence-electron chi connectivity index (χ4n) is 2.25. The Hall–Kier alpha value is -0.340. The molecule has 1 rings (SSSR count). The number of rotatable bonds is 9. The molecule has 0 fully saturated rings. The summed E-state index contributed by atoms with van der Waals surface area (Å²) in [6.45, 7) is 4.46. The van der Waals surface area contributed by atoms with E-state index in [4.69, 9.17) is 0 Å². The predicted octanol–water partition coefficient (Wildman–Crippen LogP) is 5.07. The first-order valence-corrected chi connectivity index (χ1v) is 7.88. The van der Waals surface area contributed by atoms with E-state index in [1.54, 1.807) is 0 Å². The third kappa shape index (κ3) is 5.69. The minimum Gasteiger partial charge on any atom is -0.313 e. The second-order valence-corrected chi connectivity index (χ2v) is 6.00. The lowest BCUT2D eigenvalue weighted by Crippen LogP contribution is -2.15. The standard InChI is InChI=1S/C15H27NS/c1-4-5-6-7-8-9-10-15(16-3)14-11-13(2)17-12-14/h11-12,15-16H,4-10H2,1-3H3. The summed E-state index contributed by atoms with van der Waals surface area (Å²) in [5.41, 5.74) is 1.48. The molecule has 0 aromatic carbocycles. The van der Waals surface area contributed by atoms with Crippen molar-refractivity contribution >= 4 is 11.3 Å². The van der Waals surface area contributed by atoms with Crippen LogP contribution in [0.4, 0.5) is 0 Å². The maximum atomic E-state index is 3.44. The number of nitrogens with one attached hydrogen (secondary N) is 1. The molecule has 0 spiro atoms. The van der Waals surface area contributed by atoms with Crippen LogP contribution in [0.1, 0.15) is 68.4 Å². The first-order valence-electron chi connectivity index (χ1n) is 7.00. The second kappa shape index (κ2) is 8.71. The van der Waals surface area contributed by atoms with Crippen molar-refractivity contribution in [3.05, 3.63) is 21.9 Å². The van der Waals surface area contributed by atoms with Crippen LogP contribution in [0.2, 0.25) is 0 Å². The maximum Gasteiger partial charge on any atom is 0.0325 e. The third-order valence-electron chi connectivity index (χ3n) is 3.35. The van der Waals surface area contributed by atoms with Gasteiger partial charge in [-0.1, -0.05) is 45.4 Å². The lowest BCUT2D eigenvalue weighted by molar-refractivity contribution is 0.499. The Morgan fingerprint density at radius 3 is 2.47 bits per heavy atom. The lowest BCUT2D eigenvalue weighted by Gasteiger charge is -2.14. The zero-order valence-electron chi connectivity index (χ0n) is 11.6. The van der Waals surface area contributed by atoms with Crippen molar-refractivity contribution in [1.82, 2.24) is 5.32 Å². The van der Waals surface area contributed by atoms with E-state index in [1.165, 1.54) is 55.4 Å². The average molecular weight is 253 g/mol. The largest absolute Gasteiger partial charge is 0.313 e. The first kappa shape index (κ1) is 14.7. The Kier molecular flexibility index (Phi) is 7.54. The SMILES string of the molecule is CCCCCCCCC(NC)c1csc(C)c1. The highest BCUT2D eigenvalue weighted by Gasteiger charge is 2.09. The Bertz CT molecular complexity index is 293. The van der Waals surface area contributed by atoms with E-state index in [1.807, 2.05) is 11.3 Å². The van der Waals surface area contributed by atoms with Gasteiger partial charge in [-0.15, -0.1) is 11.3 Å². The molecule has 1 heterocycles. The summed E-state index contributed by atoms with van der Waals surface area (Å²) in [4.78, 5) is 1.42. The Balaban J connectivity index is 2.19. The molecule has 0 aliphatic rings. The highest BCUT2D eigenvalue weighted by Crippen LogP contribution is 2.24. The summed E-state index contributed by atoms with van der Waals surface area (Å²) in [7, 11) is 2.08. The summed E-state index contributed by atoms with van der Waals surface area (Å²) in [6, 6.07) is 2.88. The van der Waals surface area contributed by atoms with Gasteiger partial charge in [0.15, 0.2) is 0 Å². The molecule has 98 valence electrons. The number of hydrogen-bond donors (Lipinski definition) is 1. The van der Waals surface area contributed by atoms with Gasteiger partial charge in [0.1, 0.15) is 0 Å². The molecule has 1 aromatic heterocycles. The van der Waals surface area contributed by atoms with Gasteiger partial charge >= 0.3 is 0 Å². The van der Waals surface area contributed by atoms with Gasteiger partial charge in [0.2, 0.25) is 0 Å². The van der Waals surface area contributed by atoms with Crippen LogP contribution < -0.4 is 5.32 Å². The van der Waals surface area contributed by atoms with Crippen LogP contribution in [-0.2, 0) is 0 Å². The highest BCUT2D eigenvalue weighted by molar-refractivity contribution is 7.10. The number of unbranched alkanes of at least 4 members (excludes halogenated alkanes) is 5. The molecular weight excluding hydrogens is 226 g/mol. The Morgan fingerprint density at radius 1 is 1.18 bits per heavy atom. The highest BCUT2D eigenvalue weighted by atomic mass is 32.1. The van der Waals surface area contributed by atoms with Gasteiger partial charge in [-0.2, -0.15) is 0 Å². The van der Waals surface area contributed by atoms with Gasteiger partial charge in [0, 0.05) is 10.9 Å². The molecule has 0 aliphatic carbocycles. The van der Waals surface area contributed by atoms with Gasteiger partial charge < -0.3 is 5.32 Å². The van der Waals surface area contributed by atoms with Crippen molar-refractivity contribution in [2.45, 2.75) is 64.8 Å². The van der Waals surface area contributed by atoms with Gasteiger partial charge in [0.25, 0.3) is 0 Å². The molecular formula is C15H27NS. The third-order valence-corrected chi connectivity index (χ3v) is 4.23. The zero-order valence-corrected chi connectivity index (χ0v) is 12.4. The molecule has 1 aromatic rings. The van der Waals surface area contributed by atoms with E-state index < -0.39 is 0 Å². The van der Waals surface area contributed by atoms with E-state index in [0.717, 1.165) is 0 Å². The van der Waals surface area contributed by atoms with E-state index in [0.29, 0.717) is 6.04 Å². The molecule has 0 aliphatic heterocycles. The van der Waals surface area contributed by atoms with Crippen LogP contribution in [0.3, 0.4) is 0 Å². The number of thiophene rings is 1. The van der Waals surface area contributed by atoms with E-state index in [9.17, 15) is 0 Å². The Labute approximate surface area is 111 Å². The molecule has 17 heavy (non-hydrogen) atoms. The molecule has 0 saturated heterocycles. The minimum atomic E-state index is 0.561. The fourth-order valence-corrected chi connectivity index (χ4v) is 3.01. The van der Waals surface area contributed by atoms with Crippen molar-refractivity contribution in [2.75, 3.05) is 7.05 Å². The van der Waals surface area contributed by atoms with Gasteiger partial charge in [-0.05, 0) is 37.4 Å². The van der Waals surface area contributed by atoms with Crippen molar-refractivity contribution in [3.8, 4) is 0 Å². The van der Waals surface area contributed by atoms with E-state index in [2.05, 4.69) is 37.7 Å². The van der Waals surface area contributed by atoms with Crippen LogP contribution in [0.15, 0.2) is 11.4 Å². The van der Waals surface area contributed by atoms with Crippen LogP contribution in [0.5, 0.6) is 0 Å². The van der Waals surface area contributed by atoms with Crippen LogP contribution >= 0.6 is 11.3 Å². The summed E-state index contributed by atoms with van der Waals surface area (Å²) >= 11 is 1.86. The second-order valence-electron chi connectivity index (χ2n) is 4.89. The predicted molar refractivity (Wildman–Crippen MR) is 78.8 cm³/mol. The topological polar surface area (TPSA) is 12.0 Å². The molecule has 0 amide bonds. The maximum absolute atomic E-state index is 3.44. The number of hydrogen-bond acceptors (Lipinski definition) is 2. The molecule has 0 saturated carbocycles. The van der Waals surface area contributed by atoms with Crippen LogP contribution in [0.25, 0.3) is 0 Å². The van der Waals surface area contributed by atoms with E-state index >= 15 is 0 Å². The Morgan fingerprint density at radius 2 is 1.88 bits per heavy atom. The van der Waals surface area contributed by atoms with Crippen molar-refractivity contribution < 1.29 is 0 Å².